The first-order valence-corrected chi connectivity index (χ1v) is 11.8. The van der Waals surface area contributed by atoms with E-state index in [4.69, 9.17) is 0 Å². The number of fused-ring (bicyclic) bond motifs is 1. The Morgan fingerprint density at radius 1 is 1.06 bits per heavy atom. The van der Waals surface area contributed by atoms with Gasteiger partial charge in [0.1, 0.15) is 0 Å². The smallest absolute Gasteiger partial charge is 0.347 e. The van der Waals surface area contributed by atoms with Crippen molar-refractivity contribution >= 4 is 11.8 Å². The van der Waals surface area contributed by atoms with Crippen molar-refractivity contribution in [3.05, 3.63) is 27.9 Å². The van der Waals surface area contributed by atoms with E-state index in [0.29, 0.717) is 44.2 Å². The third-order valence-electron chi connectivity index (χ3n) is 6.47. The van der Waals surface area contributed by atoms with Crippen LogP contribution in [0.4, 0.5) is 0 Å². The molecule has 0 bridgehead atoms. The fourth-order valence-corrected chi connectivity index (χ4v) is 4.77. The van der Waals surface area contributed by atoms with Crippen molar-refractivity contribution in [3.8, 4) is 0 Å². The fourth-order valence-electron chi connectivity index (χ4n) is 4.77. The van der Waals surface area contributed by atoms with Gasteiger partial charge in [-0.3, -0.25) is 19.1 Å². The first-order chi connectivity index (χ1) is 14.9. The Morgan fingerprint density at radius 3 is 2.61 bits per heavy atom. The van der Waals surface area contributed by atoms with Gasteiger partial charge in [0.2, 0.25) is 11.8 Å². The van der Waals surface area contributed by atoms with E-state index in [0.717, 1.165) is 51.0 Å². The van der Waals surface area contributed by atoms with E-state index < -0.39 is 0 Å². The van der Waals surface area contributed by atoms with Crippen molar-refractivity contribution in [1.29, 1.82) is 0 Å². The van der Waals surface area contributed by atoms with Crippen LogP contribution in [-0.4, -0.2) is 69.9 Å². The molecule has 3 rings (SSSR count). The number of aromatic nitrogens is 2. The van der Waals surface area contributed by atoms with Gasteiger partial charge in [0.05, 0.1) is 0 Å². The highest BCUT2D eigenvalue weighted by Gasteiger charge is 2.25. The highest BCUT2D eigenvalue weighted by molar-refractivity contribution is 5.76. The summed E-state index contributed by atoms with van der Waals surface area (Å²) in [6.07, 6.45) is 6.97. The van der Waals surface area contributed by atoms with Crippen LogP contribution in [0.25, 0.3) is 0 Å². The normalized spacial score (nSPS) is 21.9. The van der Waals surface area contributed by atoms with Crippen molar-refractivity contribution < 1.29 is 9.59 Å². The van der Waals surface area contributed by atoms with Crippen LogP contribution in [0.5, 0.6) is 0 Å². The molecule has 2 saturated heterocycles. The summed E-state index contributed by atoms with van der Waals surface area (Å²) in [6, 6.07) is 2.19. The number of carbonyl (C=O) groups is 2. The van der Waals surface area contributed by atoms with Gasteiger partial charge in [0, 0.05) is 63.0 Å². The maximum absolute atomic E-state index is 13.0. The lowest BCUT2D eigenvalue weighted by Crippen LogP contribution is -2.44. The van der Waals surface area contributed by atoms with E-state index in [2.05, 4.69) is 15.2 Å². The molecule has 0 aromatic carbocycles. The second kappa shape index (κ2) is 11.4. The predicted molar refractivity (Wildman–Crippen MR) is 120 cm³/mol. The molecular formula is C23H37N5O3. The monoisotopic (exact) mass is 431 g/mol. The van der Waals surface area contributed by atoms with Gasteiger partial charge in [-0.25, -0.2) is 4.79 Å². The molecule has 8 heteroatoms. The summed E-state index contributed by atoms with van der Waals surface area (Å²) in [5, 5.41) is 3.05. The minimum Gasteiger partial charge on any atom is -0.356 e. The van der Waals surface area contributed by atoms with Crippen molar-refractivity contribution in [2.45, 2.75) is 77.8 Å². The first-order valence-electron chi connectivity index (χ1n) is 11.8. The number of carbonyl (C=O) groups excluding carboxylic acids is 2. The SMILES string of the molecule is Cc1cc(C)n(CCC(=O)N2CCCCNC(=O)CC3CCCCN3CCC2)c(=O)n1. The van der Waals surface area contributed by atoms with Crippen LogP contribution < -0.4 is 11.0 Å². The second-order valence-electron chi connectivity index (χ2n) is 8.90. The standard InChI is InChI=1S/C23H37N5O3/c1-18-16-19(2)28(23(31)25-18)15-9-22(30)27-12-6-4-10-24-21(29)17-20-8-3-5-11-26(20)13-7-14-27/h16,20H,3-15,17H2,1-2H3,(H,24,29). The summed E-state index contributed by atoms with van der Waals surface area (Å²) in [4.78, 5) is 45.8. The van der Waals surface area contributed by atoms with Gasteiger partial charge in [-0.05, 0) is 58.6 Å². The molecule has 1 atom stereocenters. The summed E-state index contributed by atoms with van der Waals surface area (Å²) >= 11 is 0. The molecule has 2 amide bonds. The number of aryl methyl sites for hydroxylation is 2. The zero-order valence-electron chi connectivity index (χ0n) is 19.1. The number of nitrogens with zero attached hydrogens (tertiary/aromatic N) is 4. The molecule has 0 radical (unpaired) electrons. The molecule has 1 unspecified atom stereocenters. The van der Waals surface area contributed by atoms with Gasteiger partial charge in [-0.1, -0.05) is 6.42 Å². The second-order valence-corrected chi connectivity index (χ2v) is 8.90. The lowest BCUT2D eigenvalue weighted by Gasteiger charge is -2.35. The molecule has 0 aliphatic carbocycles. The van der Waals surface area contributed by atoms with Gasteiger partial charge in [0.15, 0.2) is 0 Å². The lowest BCUT2D eigenvalue weighted by molar-refractivity contribution is -0.131. The van der Waals surface area contributed by atoms with E-state index in [9.17, 15) is 14.4 Å². The highest BCUT2D eigenvalue weighted by Crippen LogP contribution is 2.20. The maximum atomic E-state index is 13.0. The molecular weight excluding hydrogens is 394 g/mol. The summed E-state index contributed by atoms with van der Waals surface area (Å²) in [6.45, 7) is 8.08. The zero-order chi connectivity index (χ0) is 22.2. The molecule has 1 aromatic heterocycles. The Kier molecular flexibility index (Phi) is 8.63. The van der Waals surface area contributed by atoms with Gasteiger partial charge in [0.25, 0.3) is 0 Å². The minimum absolute atomic E-state index is 0.0842. The topological polar surface area (TPSA) is 87.5 Å². The van der Waals surface area contributed by atoms with Crippen LogP contribution in [0, 0.1) is 13.8 Å². The third-order valence-corrected chi connectivity index (χ3v) is 6.47. The van der Waals surface area contributed by atoms with Gasteiger partial charge in [-0.2, -0.15) is 4.98 Å². The van der Waals surface area contributed by atoms with Crippen LogP contribution in [0.15, 0.2) is 10.9 Å². The number of piperidine rings is 1. The van der Waals surface area contributed by atoms with Crippen LogP contribution in [-0.2, 0) is 16.1 Å². The van der Waals surface area contributed by atoms with E-state index in [1.165, 1.54) is 12.8 Å². The average molecular weight is 432 g/mol. The maximum Gasteiger partial charge on any atom is 0.347 e. The predicted octanol–water partition coefficient (Wildman–Crippen LogP) is 1.62. The van der Waals surface area contributed by atoms with Crippen molar-refractivity contribution in [2.24, 2.45) is 0 Å². The summed E-state index contributed by atoms with van der Waals surface area (Å²) < 4.78 is 1.58. The molecule has 1 N–H and O–H groups in total. The Bertz CT molecular complexity index is 822. The van der Waals surface area contributed by atoms with Gasteiger partial charge < -0.3 is 10.2 Å². The van der Waals surface area contributed by atoms with E-state index in [-0.39, 0.29) is 17.5 Å². The molecule has 0 saturated carbocycles. The Balaban J connectivity index is 1.60. The fraction of sp³-hybridized carbons (Fsp3) is 0.739. The number of hydrogen-bond acceptors (Lipinski definition) is 5. The number of amides is 2. The van der Waals surface area contributed by atoms with Crippen molar-refractivity contribution in [1.82, 2.24) is 24.7 Å². The average Bonchev–Trinajstić information content (AvgIpc) is 2.73. The Labute approximate surface area is 185 Å². The quantitative estimate of drug-likeness (QED) is 0.786. The molecule has 1 aromatic rings. The number of hydrogen-bond donors (Lipinski definition) is 1. The lowest BCUT2D eigenvalue weighted by atomic mass is 9.98. The minimum atomic E-state index is -0.290. The third kappa shape index (κ3) is 6.89. The molecule has 31 heavy (non-hydrogen) atoms. The molecule has 8 nitrogen and oxygen atoms in total. The largest absolute Gasteiger partial charge is 0.356 e. The molecule has 2 aliphatic rings. The summed E-state index contributed by atoms with van der Waals surface area (Å²) in [5.41, 5.74) is 1.25. The molecule has 0 spiro atoms. The highest BCUT2D eigenvalue weighted by atomic mass is 16.2. The van der Waals surface area contributed by atoms with Gasteiger partial charge >= 0.3 is 5.69 Å². The molecule has 2 aliphatic heterocycles. The Hall–Kier alpha value is -2.22. The molecule has 3 heterocycles. The molecule has 2 fully saturated rings. The first kappa shape index (κ1) is 23.4. The van der Waals surface area contributed by atoms with Crippen LogP contribution in [0.2, 0.25) is 0 Å². The van der Waals surface area contributed by atoms with E-state index >= 15 is 0 Å². The molecule has 172 valence electrons. The van der Waals surface area contributed by atoms with Crippen molar-refractivity contribution in [3.63, 3.8) is 0 Å². The number of rotatable bonds is 3. The summed E-state index contributed by atoms with van der Waals surface area (Å²) in [7, 11) is 0. The zero-order valence-corrected chi connectivity index (χ0v) is 19.1. The number of nitrogens with one attached hydrogen (secondary N) is 1. The van der Waals surface area contributed by atoms with Crippen LogP contribution >= 0.6 is 0 Å². The van der Waals surface area contributed by atoms with Gasteiger partial charge in [-0.15, -0.1) is 0 Å². The van der Waals surface area contributed by atoms with Crippen molar-refractivity contribution in [2.75, 3.05) is 32.7 Å². The summed E-state index contributed by atoms with van der Waals surface area (Å²) in [5.74, 6) is 0.234. The van der Waals surface area contributed by atoms with Crippen LogP contribution in [0.3, 0.4) is 0 Å². The van der Waals surface area contributed by atoms with E-state index in [1.54, 1.807) is 11.5 Å². The van der Waals surface area contributed by atoms with Crippen LogP contribution in [0.1, 0.15) is 62.8 Å². The van der Waals surface area contributed by atoms with E-state index in [1.807, 2.05) is 17.9 Å². The Morgan fingerprint density at radius 2 is 1.81 bits per heavy atom.